The van der Waals surface area contributed by atoms with Crippen LogP contribution in [-0.4, -0.2) is 36.0 Å². The molecule has 4 fully saturated rings. The van der Waals surface area contributed by atoms with Crippen molar-refractivity contribution in [2.24, 2.45) is 29.4 Å². The number of amides is 3. The minimum atomic E-state index is -0.752. The van der Waals surface area contributed by atoms with Crippen molar-refractivity contribution in [3.8, 4) is 0 Å². The molecule has 21 heavy (non-hydrogen) atoms. The normalized spacial score (nSPS) is 37.0. The Morgan fingerprint density at radius 1 is 1.10 bits per heavy atom. The van der Waals surface area contributed by atoms with Gasteiger partial charge < -0.3 is 5.73 Å². The summed E-state index contributed by atoms with van der Waals surface area (Å²) in [7, 11) is 0. The molecule has 5 nitrogen and oxygen atoms in total. The van der Waals surface area contributed by atoms with Crippen molar-refractivity contribution >= 4 is 11.9 Å². The van der Waals surface area contributed by atoms with Gasteiger partial charge in [-0.05, 0) is 62.3 Å². The number of nitrogens with one attached hydrogen (secondary N) is 1. The second-order valence-electron chi connectivity index (χ2n) is 7.21. The Morgan fingerprint density at radius 3 is 2.14 bits per heavy atom. The lowest BCUT2D eigenvalue weighted by atomic mass is 9.54. The average Bonchev–Trinajstić information content (AvgIpc) is 2.40. The number of primary amides is 1. The Labute approximate surface area is 126 Å². The maximum absolute atomic E-state index is 11.6. The van der Waals surface area contributed by atoms with Crippen molar-refractivity contribution in [3.05, 3.63) is 0 Å². The van der Waals surface area contributed by atoms with E-state index >= 15 is 0 Å². The number of urea groups is 1. The highest BCUT2D eigenvalue weighted by Gasteiger charge is 2.49. The topological polar surface area (TPSA) is 75.4 Å². The van der Waals surface area contributed by atoms with Crippen LogP contribution in [0.15, 0.2) is 0 Å². The third kappa shape index (κ3) is 3.07. The minimum Gasteiger partial charge on any atom is -0.351 e. The molecule has 3 N–H and O–H groups in total. The van der Waals surface area contributed by atoms with Gasteiger partial charge in [0.05, 0.1) is 0 Å². The van der Waals surface area contributed by atoms with Crippen LogP contribution in [0, 0.1) is 23.7 Å². The Morgan fingerprint density at radius 2 is 1.67 bits per heavy atom. The number of imide groups is 1. The number of nitrogens with two attached hydrogens (primary N) is 1. The molecule has 4 rings (SSSR count). The lowest BCUT2D eigenvalue weighted by molar-refractivity contribution is -0.121. The number of hydrogen-bond acceptors (Lipinski definition) is 3. The number of rotatable bonds is 5. The average molecular weight is 293 g/mol. The van der Waals surface area contributed by atoms with Crippen molar-refractivity contribution in [3.63, 3.8) is 0 Å². The molecule has 0 radical (unpaired) electrons. The summed E-state index contributed by atoms with van der Waals surface area (Å²) in [5.74, 6) is 3.35. The molecule has 0 aliphatic heterocycles. The molecule has 4 bridgehead atoms. The quantitative estimate of drug-likeness (QED) is 0.810. The van der Waals surface area contributed by atoms with E-state index in [-0.39, 0.29) is 5.91 Å². The predicted molar refractivity (Wildman–Crippen MR) is 80.4 cm³/mol. The molecule has 0 aromatic carbocycles. The maximum atomic E-state index is 11.6. The van der Waals surface area contributed by atoms with E-state index in [2.05, 4.69) is 17.1 Å². The molecule has 0 aromatic rings. The molecule has 0 unspecified atom stereocenters. The van der Waals surface area contributed by atoms with Crippen molar-refractivity contribution in [2.45, 2.75) is 51.5 Å². The first kappa shape index (κ1) is 14.8. The lowest BCUT2D eigenvalue weighted by Crippen LogP contribution is -2.56. The summed E-state index contributed by atoms with van der Waals surface area (Å²) in [5, 5.41) is 2.16. The smallest absolute Gasteiger partial charge is 0.318 e. The molecule has 0 atom stereocenters. The molecule has 0 saturated heterocycles. The monoisotopic (exact) mass is 293 g/mol. The highest BCUT2D eigenvalue weighted by atomic mass is 16.2. The summed E-state index contributed by atoms with van der Waals surface area (Å²) >= 11 is 0. The summed E-state index contributed by atoms with van der Waals surface area (Å²) in [6, 6.07) is -0.0955. The van der Waals surface area contributed by atoms with Crippen LogP contribution >= 0.6 is 0 Å². The second kappa shape index (κ2) is 5.95. The van der Waals surface area contributed by atoms with Crippen LogP contribution in [0.1, 0.15) is 45.4 Å². The van der Waals surface area contributed by atoms with Gasteiger partial charge >= 0.3 is 6.03 Å². The maximum Gasteiger partial charge on any atom is 0.318 e. The number of nitrogens with zero attached hydrogens (tertiary/aromatic N) is 1. The van der Waals surface area contributed by atoms with Gasteiger partial charge in [0.1, 0.15) is 0 Å². The van der Waals surface area contributed by atoms with Crippen LogP contribution < -0.4 is 11.1 Å². The third-order valence-corrected chi connectivity index (χ3v) is 5.89. The van der Waals surface area contributed by atoms with Gasteiger partial charge in [0.2, 0.25) is 5.91 Å². The van der Waals surface area contributed by atoms with Crippen LogP contribution in [-0.2, 0) is 4.79 Å². The molecule has 0 heterocycles. The fourth-order valence-corrected chi connectivity index (χ4v) is 5.46. The van der Waals surface area contributed by atoms with Crippen molar-refractivity contribution < 1.29 is 9.59 Å². The SMILES string of the molecule is CCN(CCC(=O)NC(N)=O)C1C2CC3CC(C2)CC1C3. The van der Waals surface area contributed by atoms with E-state index in [0.29, 0.717) is 12.5 Å². The van der Waals surface area contributed by atoms with Crippen molar-refractivity contribution in [1.29, 1.82) is 0 Å². The van der Waals surface area contributed by atoms with Gasteiger partial charge in [0.25, 0.3) is 0 Å². The van der Waals surface area contributed by atoms with E-state index in [1.54, 1.807) is 0 Å². The van der Waals surface area contributed by atoms with Crippen molar-refractivity contribution in [2.75, 3.05) is 13.1 Å². The Kier molecular flexibility index (Phi) is 4.20. The highest BCUT2D eigenvalue weighted by Crippen LogP contribution is 2.55. The molecular formula is C16H27N3O2. The molecule has 5 heteroatoms. The van der Waals surface area contributed by atoms with Gasteiger partial charge in [0.15, 0.2) is 0 Å². The Balaban J connectivity index is 1.58. The zero-order chi connectivity index (χ0) is 15.0. The van der Waals surface area contributed by atoms with Crippen LogP contribution in [0.25, 0.3) is 0 Å². The Bertz CT molecular complexity index is 396. The summed E-state index contributed by atoms with van der Waals surface area (Å²) in [6.07, 6.45) is 7.39. The first-order chi connectivity index (χ1) is 10.1. The molecule has 0 aromatic heterocycles. The van der Waals surface area contributed by atoms with E-state index in [1.807, 2.05) is 0 Å². The van der Waals surface area contributed by atoms with E-state index in [0.717, 1.165) is 36.8 Å². The van der Waals surface area contributed by atoms with Gasteiger partial charge in [-0.25, -0.2) is 4.79 Å². The first-order valence-electron chi connectivity index (χ1n) is 8.40. The minimum absolute atomic E-state index is 0.259. The Hall–Kier alpha value is -1.10. The van der Waals surface area contributed by atoms with E-state index in [9.17, 15) is 9.59 Å². The lowest BCUT2D eigenvalue weighted by Gasteiger charge is -2.57. The zero-order valence-corrected chi connectivity index (χ0v) is 12.9. The van der Waals surface area contributed by atoms with E-state index < -0.39 is 6.03 Å². The molecular weight excluding hydrogens is 266 g/mol. The number of hydrogen-bond donors (Lipinski definition) is 2. The largest absolute Gasteiger partial charge is 0.351 e. The molecule has 0 spiro atoms. The summed E-state index contributed by atoms with van der Waals surface area (Å²) in [5.41, 5.74) is 4.99. The van der Waals surface area contributed by atoms with Crippen LogP contribution in [0.2, 0.25) is 0 Å². The molecule has 4 aliphatic rings. The van der Waals surface area contributed by atoms with E-state index in [1.165, 1.54) is 32.1 Å². The molecule has 4 aliphatic carbocycles. The second-order valence-corrected chi connectivity index (χ2v) is 7.21. The third-order valence-electron chi connectivity index (χ3n) is 5.89. The van der Waals surface area contributed by atoms with Crippen LogP contribution in [0.5, 0.6) is 0 Å². The predicted octanol–water partition coefficient (Wildman–Crippen LogP) is 1.72. The van der Waals surface area contributed by atoms with Gasteiger partial charge in [0, 0.05) is 19.0 Å². The standard InChI is InChI=1S/C16H27N3O2/c1-2-19(4-3-14(20)18-16(17)21)15-12-6-10-5-11(8-12)9-13(15)7-10/h10-13,15H,2-9H2,1H3,(H3,17,18,20,21). The van der Waals surface area contributed by atoms with Gasteiger partial charge in [-0.1, -0.05) is 6.92 Å². The van der Waals surface area contributed by atoms with Gasteiger partial charge in [-0.2, -0.15) is 0 Å². The summed E-state index contributed by atoms with van der Waals surface area (Å²) in [6.45, 7) is 3.90. The molecule has 4 saturated carbocycles. The molecule has 3 amide bonds. The van der Waals surface area contributed by atoms with Crippen LogP contribution in [0.4, 0.5) is 4.79 Å². The number of carbonyl (C=O) groups is 2. The van der Waals surface area contributed by atoms with Crippen LogP contribution in [0.3, 0.4) is 0 Å². The summed E-state index contributed by atoms with van der Waals surface area (Å²) in [4.78, 5) is 24.8. The fourth-order valence-electron chi connectivity index (χ4n) is 5.46. The summed E-state index contributed by atoms with van der Waals surface area (Å²) < 4.78 is 0. The zero-order valence-electron chi connectivity index (χ0n) is 12.9. The molecule has 118 valence electrons. The van der Waals surface area contributed by atoms with Crippen molar-refractivity contribution in [1.82, 2.24) is 10.2 Å². The van der Waals surface area contributed by atoms with E-state index in [4.69, 9.17) is 5.73 Å². The first-order valence-corrected chi connectivity index (χ1v) is 8.40. The van der Waals surface area contributed by atoms with Gasteiger partial charge in [-0.15, -0.1) is 0 Å². The highest BCUT2D eigenvalue weighted by molar-refractivity contribution is 5.93. The fraction of sp³-hybridized carbons (Fsp3) is 0.875. The number of carbonyl (C=O) groups excluding carboxylic acids is 2. The van der Waals surface area contributed by atoms with Gasteiger partial charge in [-0.3, -0.25) is 15.0 Å².